The van der Waals surface area contributed by atoms with Crippen molar-refractivity contribution < 1.29 is 23.5 Å². The number of carbonyl (C=O) groups excluding carboxylic acids is 1. The number of nitrogens with one attached hydrogen (secondary N) is 1. The molecule has 19 heavy (non-hydrogen) atoms. The van der Waals surface area contributed by atoms with Gasteiger partial charge >= 0.3 is 12.0 Å². The molecule has 5 nitrogen and oxygen atoms in total. The molecule has 0 spiro atoms. The third kappa shape index (κ3) is 4.53. The molecule has 104 valence electrons. The summed E-state index contributed by atoms with van der Waals surface area (Å²) in [5.41, 5.74) is 0.126. The molecule has 0 unspecified atom stereocenters. The van der Waals surface area contributed by atoms with Crippen molar-refractivity contribution in [1.29, 1.82) is 0 Å². The summed E-state index contributed by atoms with van der Waals surface area (Å²) < 4.78 is 26.0. The minimum Gasteiger partial charge on any atom is -0.480 e. The molecule has 2 N–H and O–H groups in total. The average Bonchev–Trinajstić information content (AvgIpc) is 2.34. The second kappa shape index (κ2) is 6.67. The zero-order valence-electron chi connectivity index (χ0n) is 10.3. The van der Waals surface area contributed by atoms with Gasteiger partial charge in [-0.1, -0.05) is 6.07 Å². The Balaban J connectivity index is 2.60. The molecule has 1 aromatic carbocycles. The van der Waals surface area contributed by atoms with Crippen LogP contribution < -0.4 is 5.32 Å². The first kappa shape index (κ1) is 14.9. The van der Waals surface area contributed by atoms with Crippen LogP contribution in [0.4, 0.5) is 13.6 Å². The zero-order chi connectivity index (χ0) is 14.4. The lowest BCUT2D eigenvalue weighted by Gasteiger charge is -2.19. The Kier molecular flexibility index (Phi) is 5.23. The minimum atomic E-state index is -1.13. The van der Waals surface area contributed by atoms with Crippen molar-refractivity contribution in [2.75, 3.05) is 13.1 Å². The lowest BCUT2D eigenvalue weighted by molar-refractivity contribution is -0.137. The Hall–Kier alpha value is -2.18. The summed E-state index contributed by atoms with van der Waals surface area (Å²) in [5, 5.41) is 11.0. The quantitative estimate of drug-likeness (QED) is 0.855. The van der Waals surface area contributed by atoms with E-state index in [1.807, 2.05) is 0 Å². The van der Waals surface area contributed by atoms with E-state index >= 15 is 0 Å². The number of amides is 2. The van der Waals surface area contributed by atoms with Crippen LogP contribution in [0, 0.1) is 11.6 Å². The van der Waals surface area contributed by atoms with E-state index in [-0.39, 0.29) is 18.7 Å². The topological polar surface area (TPSA) is 69.6 Å². The van der Waals surface area contributed by atoms with Gasteiger partial charge < -0.3 is 15.3 Å². The lowest BCUT2D eigenvalue weighted by atomic mass is 10.2. The second-order valence-electron chi connectivity index (χ2n) is 3.80. The number of aliphatic carboxylic acids is 1. The van der Waals surface area contributed by atoms with Crippen LogP contribution in [-0.4, -0.2) is 35.1 Å². The van der Waals surface area contributed by atoms with Crippen LogP contribution in [0.3, 0.4) is 0 Å². The van der Waals surface area contributed by atoms with Gasteiger partial charge in [0.2, 0.25) is 0 Å². The molecule has 1 aromatic rings. The minimum absolute atomic E-state index is 0.126. The summed E-state index contributed by atoms with van der Waals surface area (Å²) in [4.78, 5) is 23.2. The first-order valence-electron chi connectivity index (χ1n) is 5.62. The summed E-state index contributed by atoms with van der Waals surface area (Å²) in [6.07, 6.45) is 0. The zero-order valence-corrected chi connectivity index (χ0v) is 10.3. The molecule has 0 heterocycles. The smallest absolute Gasteiger partial charge is 0.323 e. The molecular weight excluding hydrogens is 258 g/mol. The Morgan fingerprint density at radius 1 is 1.37 bits per heavy atom. The maximum absolute atomic E-state index is 13.3. The summed E-state index contributed by atoms with van der Waals surface area (Å²) in [6.45, 7) is 1.26. The second-order valence-corrected chi connectivity index (χ2v) is 3.80. The third-order valence-electron chi connectivity index (χ3n) is 2.44. The molecule has 0 atom stereocenters. The van der Waals surface area contributed by atoms with E-state index in [2.05, 4.69) is 5.32 Å². The average molecular weight is 272 g/mol. The van der Waals surface area contributed by atoms with E-state index in [9.17, 15) is 18.4 Å². The van der Waals surface area contributed by atoms with E-state index in [4.69, 9.17) is 5.11 Å². The largest absolute Gasteiger partial charge is 0.480 e. The van der Waals surface area contributed by atoms with Crippen LogP contribution in [0.5, 0.6) is 0 Å². The molecule has 0 radical (unpaired) electrons. The first-order valence-corrected chi connectivity index (χ1v) is 5.62. The van der Waals surface area contributed by atoms with E-state index in [0.29, 0.717) is 0 Å². The highest BCUT2D eigenvalue weighted by molar-refractivity contribution is 5.80. The first-order chi connectivity index (χ1) is 8.93. The number of carbonyl (C=O) groups is 2. The Bertz CT molecular complexity index is 480. The number of rotatable bonds is 5. The molecule has 0 aliphatic heterocycles. The van der Waals surface area contributed by atoms with Gasteiger partial charge in [0, 0.05) is 24.7 Å². The molecule has 0 saturated carbocycles. The van der Waals surface area contributed by atoms with E-state index in [1.54, 1.807) is 6.92 Å². The van der Waals surface area contributed by atoms with Crippen molar-refractivity contribution >= 4 is 12.0 Å². The van der Waals surface area contributed by atoms with Crippen molar-refractivity contribution in [2.24, 2.45) is 0 Å². The van der Waals surface area contributed by atoms with Gasteiger partial charge in [-0.05, 0) is 13.0 Å². The fourth-order valence-corrected chi connectivity index (χ4v) is 1.44. The van der Waals surface area contributed by atoms with Gasteiger partial charge in [-0.25, -0.2) is 13.6 Å². The SMILES string of the molecule is CCN(CC(=O)O)C(=O)NCc1ccc(F)cc1F. The highest BCUT2D eigenvalue weighted by Crippen LogP contribution is 2.09. The number of urea groups is 1. The van der Waals surface area contributed by atoms with Crippen molar-refractivity contribution in [3.05, 3.63) is 35.4 Å². The maximum atomic E-state index is 13.3. The molecule has 7 heteroatoms. The number of carboxylic acids is 1. The molecule has 0 aliphatic carbocycles. The molecule has 0 aliphatic rings. The van der Waals surface area contributed by atoms with Gasteiger partial charge in [0.15, 0.2) is 0 Å². The fourth-order valence-electron chi connectivity index (χ4n) is 1.44. The Morgan fingerprint density at radius 2 is 2.05 bits per heavy atom. The summed E-state index contributed by atoms with van der Waals surface area (Å²) in [7, 11) is 0. The van der Waals surface area contributed by atoms with Crippen molar-refractivity contribution in [2.45, 2.75) is 13.5 Å². The lowest BCUT2D eigenvalue weighted by Crippen LogP contribution is -2.42. The predicted octanol–water partition coefficient (Wildman–Crippen LogP) is 1.58. The van der Waals surface area contributed by atoms with Crippen molar-refractivity contribution in [1.82, 2.24) is 10.2 Å². The van der Waals surface area contributed by atoms with Gasteiger partial charge in [0.1, 0.15) is 18.2 Å². The number of halogens is 2. The monoisotopic (exact) mass is 272 g/mol. The molecule has 0 saturated heterocycles. The summed E-state index contributed by atoms with van der Waals surface area (Å²) >= 11 is 0. The standard InChI is InChI=1S/C12H14F2N2O3/c1-2-16(7-11(17)18)12(19)15-6-8-3-4-9(13)5-10(8)14/h3-5H,2,6-7H2,1H3,(H,15,19)(H,17,18). The van der Waals surface area contributed by atoms with Gasteiger partial charge in [0.25, 0.3) is 0 Å². The molecule has 0 aromatic heterocycles. The third-order valence-corrected chi connectivity index (χ3v) is 2.44. The van der Waals surface area contributed by atoms with Gasteiger partial charge in [-0.15, -0.1) is 0 Å². The Labute approximate surface area is 108 Å². The van der Waals surface area contributed by atoms with Crippen molar-refractivity contribution in [3.63, 3.8) is 0 Å². The number of hydrogen-bond donors (Lipinski definition) is 2. The van der Waals surface area contributed by atoms with E-state index in [0.717, 1.165) is 17.0 Å². The molecule has 1 rings (SSSR count). The molecular formula is C12H14F2N2O3. The summed E-state index contributed by atoms with van der Waals surface area (Å²) in [6, 6.07) is 2.40. The normalized spacial score (nSPS) is 10.1. The highest BCUT2D eigenvalue weighted by atomic mass is 19.1. The van der Waals surface area contributed by atoms with Crippen LogP contribution in [0.15, 0.2) is 18.2 Å². The number of carboxylic acid groups (broad SMARTS) is 1. The molecule has 2 amide bonds. The van der Waals surface area contributed by atoms with Crippen LogP contribution >= 0.6 is 0 Å². The van der Waals surface area contributed by atoms with Gasteiger partial charge in [-0.2, -0.15) is 0 Å². The summed E-state index contributed by atoms with van der Waals surface area (Å²) in [5.74, 6) is -2.60. The van der Waals surface area contributed by atoms with Gasteiger partial charge in [-0.3, -0.25) is 4.79 Å². The maximum Gasteiger partial charge on any atom is 0.323 e. The van der Waals surface area contributed by atoms with E-state index in [1.165, 1.54) is 6.07 Å². The molecule has 0 bridgehead atoms. The highest BCUT2D eigenvalue weighted by Gasteiger charge is 2.15. The van der Waals surface area contributed by atoms with E-state index < -0.39 is 30.2 Å². The number of hydrogen-bond acceptors (Lipinski definition) is 2. The van der Waals surface area contributed by atoms with Crippen LogP contribution in [0.2, 0.25) is 0 Å². The number of nitrogens with zero attached hydrogens (tertiary/aromatic N) is 1. The van der Waals surface area contributed by atoms with Crippen LogP contribution in [0.1, 0.15) is 12.5 Å². The van der Waals surface area contributed by atoms with Crippen molar-refractivity contribution in [3.8, 4) is 0 Å². The number of benzene rings is 1. The number of likely N-dealkylation sites (N-methyl/N-ethyl adjacent to an activating group) is 1. The van der Waals surface area contributed by atoms with Crippen LogP contribution in [-0.2, 0) is 11.3 Å². The fraction of sp³-hybridized carbons (Fsp3) is 0.333. The van der Waals surface area contributed by atoms with Crippen LogP contribution in [0.25, 0.3) is 0 Å². The predicted molar refractivity (Wildman–Crippen MR) is 63.5 cm³/mol. The Morgan fingerprint density at radius 3 is 2.58 bits per heavy atom. The van der Waals surface area contributed by atoms with Gasteiger partial charge in [0.05, 0.1) is 0 Å². The molecule has 0 fully saturated rings.